The number of carbonyl (C=O) groups is 1. The molecule has 12 heteroatoms. The molecule has 4 aliphatic rings. The molecular formula is C36H63NO11. The van der Waals surface area contributed by atoms with Crippen molar-refractivity contribution < 1.29 is 53.3 Å². The highest BCUT2D eigenvalue weighted by Crippen LogP contribution is 2.47. The summed E-state index contributed by atoms with van der Waals surface area (Å²) in [5.74, 6) is -2.07. The molecule has 3 fully saturated rings. The summed E-state index contributed by atoms with van der Waals surface area (Å²) in [7, 11) is 3.47. The second kappa shape index (κ2) is 15.1. The number of aliphatic hydroxyl groups is 3. The number of ether oxygens (including phenoxy) is 7. The van der Waals surface area contributed by atoms with Crippen LogP contribution in [0.3, 0.4) is 0 Å². The average molecular weight is 686 g/mol. The Morgan fingerprint density at radius 2 is 1.65 bits per heavy atom. The minimum atomic E-state index is -1.79. The Bertz CT molecular complexity index is 1150. The Morgan fingerprint density at radius 1 is 0.979 bits per heavy atom. The van der Waals surface area contributed by atoms with Crippen LogP contribution in [-0.2, 0) is 38.0 Å². The maximum absolute atomic E-state index is 14.1. The van der Waals surface area contributed by atoms with Gasteiger partial charge in [-0.25, -0.2) is 0 Å². The van der Waals surface area contributed by atoms with Crippen LogP contribution in [0.2, 0.25) is 0 Å². The van der Waals surface area contributed by atoms with Crippen LogP contribution in [0.4, 0.5) is 0 Å². The number of fused-ring (bicyclic) bond motifs is 2. The van der Waals surface area contributed by atoms with Crippen LogP contribution in [0.1, 0.15) is 101 Å². The predicted molar refractivity (Wildman–Crippen MR) is 178 cm³/mol. The van der Waals surface area contributed by atoms with Gasteiger partial charge in [0.2, 0.25) is 0 Å². The van der Waals surface area contributed by atoms with E-state index >= 15 is 0 Å². The fourth-order valence-corrected chi connectivity index (χ4v) is 8.58. The van der Waals surface area contributed by atoms with Crippen LogP contribution in [0.15, 0.2) is 11.3 Å². The summed E-state index contributed by atoms with van der Waals surface area (Å²) in [6.45, 7) is 18.6. The molecule has 0 radical (unpaired) electrons. The summed E-state index contributed by atoms with van der Waals surface area (Å²) in [5, 5.41) is 37.9. The quantitative estimate of drug-likeness (QED) is 0.290. The molecule has 48 heavy (non-hydrogen) atoms. The number of rotatable bonds is 7. The zero-order chi connectivity index (χ0) is 35.9. The molecule has 16 atom stereocenters. The van der Waals surface area contributed by atoms with Crippen molar-refractivity contribution in [1.82, 2.24) is 5.32 Å². The summed E-state index contributed by atoms with van der Waals surface area (Å²) < 4.78 is 44.8. The Hall–Kier alpha value is -1.35. The maximum Gasteiger partial charge on any atom is 0.311 e. The lowest BCUT2D eigenvalue weighted by Gasteiger charge is -2.47. The lowest BCUT2D eigenvalue weighted by atomic mass is 9.78. The minimum absolute atomic E-state index is 0.161. The summed E-state index contributed by atoms with van der Waals surface area (Å²) in [5.41, 5.74) is -2.41. The first-order chi connectivity index (χ1) is 22.3. The van der Waals surface area contributed by atoms with Gasteiger partial charge >= 0.3 is 5.97 Å². The van der Waals surface area contributed by atoms with Gasteiger partial charge in [-0.3, -0.25) is 4.79 Å². The molecule has 0 saturated carbocycles. The fraction of sp³-hybridized carbons (Fsp3) is 0.917. The van der Waals surface area contributed by atoms with Crippen molar-refractivity contribution in [3.8, 4) is 0 Å². The van der Waals surface area contributed by atoms with Crippen molar-refractivity contribution in [3.63, 3.8) is 0 Å². The molecule has 0 spiro atoms. The van der Waals surface area contributed by atoms with E-state index in [1.54, 1.807) is 34.9 Å². The Morgan fingerprint density at radius 3 is 2.25 bits per heavy atom. The number of carbonyl (C=O) groups excluding carboxylic acids is 1. The third-order valence-electron chi connectivity index (χ3n) is 11.4. The third kappa shape index (κ3) is 7.92. The van der Waals surface area contributed by atoms with Crippen LogP contribution in [0.5, 0.6) is 0 Å². The molecule has 4 aliphatic heterocycles. The number of aliphatic hydroxyl groups excluding tert-OH is 2. The van der Waals surface area contributed by atoms with E-state index < -0.39 is 83.6 Å². The van der Waals surface area contributed by atoms with Gasteiger partial charge in [0.25, 0.3) is 0 Å². The smallest absolute Gasteiger partial charge is 0.311 e. The van der Waals surface area contributed by atoms with E-state index in [0.29, 0.717) is 31.4 Å². The molecule has 2 bridgehead atoms. The van der Waals surface area contributed by atoms with Gasteiger partial charge in [0, 0.05) is 44.2 Å². The van der Waals surface area contributed by atoms with Crippen LogP contribution in [0, 0.1) is 17.8 Å². The number of methoxy groups -OCH3 is 1. The summed E-state index contributed by atoms with van der Waals surface area (Å²) in [6, 6.07) is -0.260. The van der Waals surface area contributed by atoms with E-state index in [4.69, 9.17) is 33.2 Å². The highest BCUT2D eigenvalue weighted by molar-refractivity contribution is 5.73. The molecule has 12 nitrogen and oxygen atoms in total. The molecule has 0 aromatic carbocycles. The number of esters is 1. The number of cyclic esters (lactones) is 1. The van der Waals surface area contributed by atoms with Gasteiger partial charge in [0.1, 0.15) is 35.3 Å². The van der Waals surface area contributed by atoms with E-state index in [-0.39, 0.29) is 24.7 Å². The van der Waals surface area contributed by atoms with Crippen LogP contribution < -0.4 is 5.32 Å². The lowest BCUT2D eigenvalue weighted by molar-refractivity contribution is -0.305. The first kappa shape index (κ1) is 39.4. The Balaban J connectivity index is 1.83. The van der Waals surface area contributed by atoms with Crippen LogP contribution >= 0.6 is 0 Å². The van der Waals surface area contributed by atoms with E-state index in [0.717, 1.165) is 5.57 Å². The monoisotopic (exact) mass is 685 g/mol. The highest BCUT2D eigenvalue weighted by Gasteiger charge is 2.55. The molecule has 0 aromatic rings. The number of likely N-dealkylation sites (N-methyl/N-ethyl adjacent to an activating group) is 1. The molecule has 278 valence electrons. The van der Waals surface area contributed by atoms with Gasteiger partial charge in [0.05, 0.1) is 35.9 Å². The van der Waals surface area contributed by atoms with Crippen molar-refractivity contribution in [2.45, 2.75) is 179 Å². The van der Waals surface area contributed by atoms with Crippen molar-refractivity contribution in [1.29, 1.82) is 0 Å². The molecule has 4 rings (SSSR count). The predicted octanol–water partition coefficient (Wildman–Crippen LogP) is 3.58. The topological polar surface area (TPSA) is 154 Å². The lowest BCUT2D eigenvalue weighted by Crippen LogP contribution is -2.59. The van der Waals surface area contributed by atoms with Gasteiger partial charge in [0.15, 0.2) is 12.6 Å². The zero-order valence-electron chi connectivity index (χ0n) is 31.1. The highest BCUT2D eigenvalue weighted by atomic mass is 16.7. The van der Waals surface area contributed by atoms with Crippen molar-refractivity contribution in [2.75, 3.05) is 14.2 Å². The number of nitrogens with one attached hydrogen (secondary N) is 1. The summed E-state index contributed by atoms with van der Waals surface area (Å²) in [6.07, 6.45) is -4.53. The molecule has 3 saturated heterocycles. The van der Waals surface area contributed by atoms with Crippen LogP contribution in [-0.4, -0.2) is 114 Å². The molecule has 0 aliphatic carbocycles. The van der Waals surface area contributed by atoms with Gasteiger partial charge in [-0.05, 0) is 73.9 Å². The first-order valence-electron chi connectivity index (χ1n) is 17.8. The fourth-order valence-electron chi connectivity index (χ4n) is 8.58. The van der Waals surface area contributed by atoms with Crippen molar-refractivity contribution in [3.05, 3.63) is 11.3 Å². The first-order valence-corrected chi connectivity index (χ1v) is 17.8. The Labute approximate surface area is 287 Å². The van der Waals surface area contributed by atoms with Crippen molar-refractivity contribution in [2.24, 2.45) is 17.8 Å². The van der Waals surface area contributed by atoms with Gasteiger partial charge in [-0.15, -0.1) is 0 Å². The number of hydrogen-bond acceptors (Lipinski definition) is 12. The van der Waals surface area contributed by atoms with Crippen LogP contribution in [0.25, 0.3) is 0 Å². The van der Waals surface area contributed by atoms with E-state index in [9.17, 15) is 20.1 Å². The molecule has 0 amide bonds. The molecule has 0 unspecified atom stereocenters. The third-order valence-corrected chi connectivity index (χ3v) is 11.4. The van der Waals surface area contributed by atoms with Crippen molar-refractivity contribution >= 4 is 5.97 Å². The normalized spacial score (nSPS) is 49.4. The Kier molecular flexibility index (Phi) is 12.4. The van der Waals surface area contributed by atoms with E-state index in [1.807, 2.05) is 41.5 Å². The largest absolute Gasteiger partial charge is 0.489 e. The molecule has 4 heterocycles. The second-order valence-corrected chi connectivity index (χ2v) is 15.7. The SMILES string of the molecule is CC[C@@H]1OC(=O)[C@H](C)[C@@H](O[C@H]2C[C@@](C)(OC)C[C@H](C)O2)[C@H](C)[C@@H](O[C@@H]2O[C@H](C)C[C@H](NC)[C@H]2O)[C@@]2(C)CC(C)=C(O2)[C@@H](C)[C@@H](O)[C@]1(C)O. The average Bonchev–Trinajstić information content (AvgIpc) is 3.34. The van der Waals surface area contributed by atoms with Gasteiger partial charge in [-0.2, -0.15) is 0 Å². The van der Waals surface area contributed by atoms with Gasteiger partial charge < -0.3 is 53.8 Å². The maximum atomic E-state index is 14.1. The molecule has 4 N–H and O–H groups in total. The minimum Gasteiger partial charge on any atom is -0.489 e. The molecule has 0 aromatic heterocycles. The summed E-state index contributed by atoms with van der Waals surface area (Å²) >= 11 is 0. The standard InChI is InChI=1S/C36H63NO11/c1-13-25-36(10,41)30(39)21(5)28-18(2)15-35(9,48-28)31(47-33-27(38)24(37-11)14-19(3)44-33)22(6)29(23(7)32(40)45-25)46-26-17-34(8,42-12)16-20(4)43-26/h19-27,29-31,33,37-39,41H,13-17H2,1-12H3/t19-,20+,21-,22+,23-,24+,25+,26+,27-,29+,30-,31-,33+,34+,35-,36-/m1/s1. The summed E-state index contributed by atoms with van der Waals surface area (Å²) in [4.78, 5) is 14.1. The van der Waals surface area contributed by atoms with E-state index in [2.05, 4.69) is 5.32 Å². The van der Waals surface area contributed by atoms with Gasteiger partial charge in [-0.1, -0.05) is 20.8 Å². The molecular weight excluding hydrogens is 622 g/mol. The zero-order valence-corrected chi connectivity index (χ0v) is 31.1. The van der Waals surface area contributed by atoms with E-state index in [1.165, 1.54) is 6.92 Å². The second-order valence-electron chi connectivity index (χ2n) is 15.7. The number of hydrogen-bond donors (Lipinski definition) is 4.